The van der Waals surface area contributed by atoms with Crippen LogP contribution in [0.5, 0.6) is 11.8 Å². The standard InChI is InChI=1S/C20H24ClN7O2/c1-3-28-19(30-16-6-4-5-15(21)9-16)23-18(26-28)22-17-13-7-8-14(17)11-27(10-13)20-25-24-12(2)29-20/h4-6,9,13-14,17H,3,7-8,10-11H2,1-2H3,(H,22,26)/t13-,14+,17-. The van der Waals surface area contributed by atoms with Crippen LogP contribution in [0.1, 0.15) is 25.7 Å². The van der Waals surface area contributed by atoms with Crippen molar-refractivity contribution in [3.8, 4) is 11.8 Å². The zero-order valence-corrected chi connectivity index (χ0v) is 17.7. The minimum atomic E-state index is 0.317. The molecule has 1 saturated carbocycles. The predicted octanol–water partition coefficient (Wildman–Crippen LogP) is 3.76. The van der Waals surface area contributed by atoms with E-state index in [1.807, 2.05) is 32.0 Å². The van der Waals surface area contributed by atoms with Crippen LogP contribution in [-0.2, 0) is 6.54 Å². The van der Waals surface area contributed by atoms with E-state index in [0.29, 0.717) is 59.1 Å². The van der Waals surface area contributed by atoms with Gasteiger partial charge in [0, 0.05) is 37.6 Å². The number of nitrogens with one attached hydrogen (secondary N) is 1. The highest BCUT2D eigenvalue weighted by molar-refractivity contribution is 6.30. The molecule has 2 aromatic heterocycles. The molecule has 5 rings (SSSR count). The Balaban J connectivity index is 1.30. The molecule has 0 spiro atoms. The Hall–Kier alpha value is -2.81. The Morgan fingerprint density at radius 2 is 2.03 bits per heavy atom. The van der Waals surface area contributed by atoms with Crippen LogP contribution in [0.15, 0.2) is 28.7 Å². The molecule has 9 nitrogen and oxygen atoms in total. The van der Waals surface area contributed by atoms with Crippen molar-refractivity contribution in [3.63, 3.8) is 0 Å². The molecule has 1 aliphatic heterocycles. The summed E-state index contributed by atoms with van der Waals surface area (Å²) in [6.45, 7) is 6.26. The molecule has 0 amide bonds. The van der Waals surface area contributed by atoms with Gasteiger partial charge in [0.1, 0.15) is 5.75 Å². The number of halogens is 1. The normalized spacial score (nSPS) is 23.0. The van der Waals surface area contributed by atoms with Gasteiger partial charge >= 0.3 is 12.0 Å². The fourth-order valence-corrected chi connectivity index (χ4v) is 4.66. The third-order valence-corrected chi connectivity index (χ3v) is 6.09. The molecule has 3 aromatic rings. The first-order chi connectivity index (χ1) is 14.6. The molecule has 1 N–H and O–H groups in total. The fourth-order valence-electron chi connectivity index (χ4n) is 4.48. The van der Waals surface area contributed by atoms with Crippen molar-refractivity contribution in [1.82, 2.24) is 25.0 Å². The number of aromatic nitrogens is 5. The second kappa shape index (κ2) is 7.79. The second-order valence-corrected chi connectivity index (χ2v) is 8.31. The second-order valence-electron chi connectivity index (χ2n) is 7.87. The van der Waals surface area contributed by atoms with E-state index in [9.17, 15) is 0 Å². The maximum absolute atomic E-state index is 6.06. The van der Waals surface area contributed by atoms with Gasteiger partial charge in [-0.1, -0.05) is 22.8 Å². The highest BCUT2D eigenvalue weighted by Crippen LogP contribution is 2.40. The van der Waals surface area contributed by atoms with E-state index in [0.717, 1.165) is 25.9 Å². The zero-order chi connectivity index (χ0) is 20.7. The zero-order valence-electron chi connectivity index (χ0n) is 17.0. The van der Waals surface area contributed by atoms with Crippen LogP contribution in [0, 0.1) is 18.8 Å². The number of anilines is 2. The van der Waals surface area contributed by atoms with Crippen molar-refractivity contribution in [2.45, 2.75) is 39.3 Å². The minimum absolute atomic E-state index is 0.317. The lowest BCUT2D eigenvalue weighted by Gasteiger charge is -2.37. The Morgan fingerprint density at radius 3 is 2.70 bits per heavy atom. The fraction of sp³-hybridized carbons (Fsp3) is 0.500. The van der Waals surface area contributed by atoms with Gasteiger partial charge in [-0.15, -0.1) is 10.2 Å². The molecule has 0 radical (unpaired) electrons. The van der Waals surface area contributed by atoms with Crippen molar-refractivity contribution >= 4 is 23.6 Å². The third-order valence-electron chi connectivity index (χ3n) is 5.86. The number of hydrogen-bond acceptors (Lipinski definition) is 8. The molecular formula is C20H24ClN7O2. The molecule has 1 saturated heterocycles. The first-order valence-electron chi connectivity index (χ1n) is 10.3. The summed E-state index contributed by atoms with van der Waals surface area (Å²) >= 11 is 6.06. The quantitative estimate of drug-likeness (QED) is 0.632. The predicted molar refractivity (Wildman–Crippen MR) is 112 cm³/mol. The van der Waals surface area contributed by atoms with Crippen molar-refractivity contribution < 1.29 is 9.15 Å². The number of rotatable bonds is 6. The third kappa shape index (κ3) is 3.69. The first-order valence-corrected chi connectivity index (χ1v) is 10.7. The highest BCUT2D eigenvalue weighted by Gasteiger charge is 2.43. The van der Waals surface area contributed by atoms with E-state index in [1.165, 1.54) is 0 Å². The van der Waals surface area contributed by atoms with Gasteiger partial charge in [0.05, 0.1) is 0 Å². The van der Waals surface area contributed by atoms with Gasteiger partial charge in [0.25, 0.3) is 0 Å². The SMILES string of the molecule is CCn1nc(N[C@@H]2[C@@H]3CC[C@H]2CN(c2nnc(C)o2)C3)nc1Oc1cccc(Cl)c1. The summed E-state index contributed by atoms with van der Waals surface area (Å²) in [5.74, 6) is 2.78. The van der Waals surface area contributed by atoms with Gasteiger partial charge in [0.2, 0.25) is 11.8 Å². The van der Waals surface area contributed by atoms with E-state index in [-0.39, 0.29) is 0 Å². The largest absolute Gasteiger partial charge is 0.424 e. The monoisotopic (exact) mass is 429 g/mol. The summed E-state index contributed by atoms with van der Waals surface area (Å²) in [5, 5.41) is 16.9. The van der Waals surface area contributed by atoms with Gasteiger partial charge in [-0.25, -0.2) is 4.68 Å². The number of hydrogen-bond donors (Lipinski definition) is 1. The van der Waals surface area contributed by atoms with Crippen molar-refractivity contribution in [2.24, 2.45) is 11.8 Å². The van der Waals surface area contributed by atoms with Crippen LogP contribution in [0.3, 0.4) is 0 Å². The lowest BCUT2D eigenvalue weighted by molar-refractivity contribution is 0.357. The van der Waals surface area contributed by atoms with Crippen molar-refractivity contribution in [2.75, 3.05) is 23.3 Å². The van der Waals surface area contributed by atoms with Crippen LogP contribution in [0.25, 0.3) is 0 Å². The first kappa shape index (κ1) is 19.2. The number of piperidine rings is 1. The van der Waals surface area contributed by atoms with E-state index in [2.05, 4.69) is 30.5 Å². The van der Waals surface area contributed by atoms with Crippen LogP contribution in [-0.4, -0.2) is 44.1 Å². The Bertz CT molecular complexity index is 1020. The number of benzene rings is 1. The topological polar surface area (TPSA) is 94.1 Å². The molecule has 0 unspecified atom stereocenters. The van der Waals surface area contributed by atoms with Crippen LogP contribution in [0.2, 0.25) is 5.02 Å². The van der Waals surface area contributed by atoms with Crippen LogP contribution < -0.4 is 15.0 Å². The summed E-state index contributed by atoms with van der Waals surface area (Å²) in [6, 6.07) is 8.66. The Kier molecular flexibility index (Phi) is 4.98. The van der Waals surface area contributed by atoms with Gasteiger partial charge in [-0.05, 0) is 49.8 Å². The molecule has 1 aromatic carbocycles. The Labute approximate surface area is 179 Å². The molecule has 158 valence electrons. The van der Waals surface area contributed by atoms with E-state index >= 15 is 0 Å². The lowest BCUT2D eigenvalue weighted by Crippen LogP contribution is -2.48. The highest BCUT2D eigenvalue weighted by atomic mass is 35.5. The number of aryl methyl sites for hydroxylation is 2. The molecule has 2 fully saturated rings. The molecule has 1 aliphatic carbocycles. The Morgan fingerprint density at radius 1 is 1.23 bits per heavy atom. The minimum Gasteiger partial charge on any atom is -0.424 e. The number of ether oxygens (including phenoxy) is 1. The van der Waals surface area contributed by atoms with E-state index in [1.54, 1.807) is 10.7 Å². The summed E-state index contributed by atoms with van der Waals surface area (Å²) in [7, 11) is 0. The van der Waals surface area contributed by atoms with Gasteiger partial charge < -0.3 is 19.4 Å². The van der Waals surface area contributed by atoms with Gasteiger partial charge in [0.15, 0.2) is 0 Å². The molecule has 10 heteroatoms. The summed E-state index contributed by atoms with van der Waals surface area (Å²) in [6.07, 6.45) is 2.32. The average molecular weight is 430 g/mol. The van der Waals surface area contributed by atoms with Gasteiger partial charge in [-0.2, -0.15) is 4.98 Å². The molecule has 3 atom stereocenters. The maximum atomic E-state index is 6.06. The lowest BCUT2D eigenvalue weighted by atomic mass is 9.92. The summed E-state index contributed by atoms with van der Waals surface area (Å²) in [5.41, 5.74) is 0. The van der Waals surface area contributed by atoms with Crippen molar-refractivity contribution in [1.29, 1.82) is 0 Å². The van der Waals surface area contributed by atoms with Crippen molar-refractivity contribution in [3.05, 3.63) is 35.2 Å². The molecule has 2 bridgehead atoms. The van der Waals surface area contributed by atoms with E-state index in [4.69, 9.17) is 20.8 Å². The van der Waals surface area contributed by atoms with Crippen LogP contribution >= 0.6 is 11.6 Å². The molecule has 2 aliphatic rings. The van der Waals surface area contributed by atoms with Crippen LogP contribution in [0.4, 0.5) is 12.0 Å². The molecular weight excluding hydrogens is 406 g/mol. The maximum Gasteiger partial charge on any atom is 0.322 e. The smallest absolute Gasteiger partial charge is 0.322 e. The number of nitrogens with zero attached hydrogens (tertiary/aromatic N) is 6. The molecule has 3 heterocycles. The number of fused-ring (bicyclic) bond motifs is 2. The van der Waals surface area contributed by atoms with Gasteiger partial charge in [-0.3, -0.25) is 0 Å². The average Bonchev–Trinajstić information content (AvgIpc) is 3.38. The summed E-state index contributed by atoms with van der Waals surface area (Å²) in [4.78, 5) is 6.80. The molecule has 30 heavy (non-hydrogen) atoms. The van der Waals surface area contributed by atoms with E-state index < -0.39 is 0 Å². The summed E-state index contributed by atoms with van der Waals surface area (Å²) < 4.78 is 13.3.